The molecule has 1 aliphatic rings. The molecule has 18 heavy (non-hydrogen) atoms. The van der Waals surface area contributed by atoms with E-state index < -0.39 is 6.43 Å². The molecule has 100 valence electrons. The van der Waals surface area contributed by atoms with Crippen LogP contribution in [-0.2, 0) is 0 Å². The first-order valence-corrected chi connectivity index (χ1v) is 6.40. The third-order valence-electron chi connectivity index (χ3n) is 3.44. The van der Waals surface area contributed by atoms with Crippen molar-refractivity contribution in [3.05, 3.63) is 23.8 Å². The Hall–Kier alpha value is -1.32. The van der Waals surface area contributed by atoms with Crippen LogP contribution in [0.15, 0.2) is 18.2 Å². The van der Waals surface area contributed by atoms with Gasteiger partial charge in [0.25, 0.3) is 6.43 Å². The van der Waals surface area contributed by atoms with Crippen LogP contribution in [0.5, 0.6) is 11.5 Å². The average Bonchev–Trinajstić information content (AvgIpc) is 2.38. The first-order chi connectivity index (χ1) is 8.66. The highest BCUT2D eigenvalue weighted by atomic mass is 19.3. The van der Waals surface area contributed by atoms with E-state index in [1.54, 1.807) is 0 Å². The highest BCUT2D eigenvalue weighted by Gasteiger charge is 2.16. The quantitative estimate of drug-likeness (QED) is 0.870. The van der Waals surface area contributed by atoms with Crippen molar-refractivity contribution in [3.8, 4) is 11.5 Å². The summed E-state index contributed by atoms with van der Waals surface area (Å²) in [4.78, 5) is 0. The summed E-state index contributed by atoms with van der Waals surface area (Å²) in [6.45, 7) is 0.500. The highest BCUT2D eigenvalue weighted by Crippen LogP contribution is 2.32. The third kappa shape index (κ3) is 3.34. The Morgan fingerprint density at radius 3 is 2.61 bits per heavy atom. The molecule has 2 nitrogen and oxygen atoms in total. The maximum Gasteiger partial charge on any atom is 0.263 e. The van der Waals surface area contributed by atoms with E-state index in [9.17, 15) is 13.9 Å². The predicted octanol–water partition coefficient (Wildman–Crippen LogP) is 4.29. The second-order valence-corrected chi connectivity index (χ2v) is 4.84. The van der Waals surface area contributed by atoms with Crippen LogP contribution in [0.4, 0.5) is 8.78 Å². The number of phenols is 1. The summed E-state index contributed by atoms with van der Waals surface area (Å²) in [5.74, 6) is 0.571. The fraction of sp³-hybridized carbons (Fsp3) is 0.571. The van der Waals surface area contributed by atoms with Crippen LogP contribution in [0.2, 0.25) is 0 Å². The van der Waals surface area contributed by atoms with Gasteiger partial charge in [0, 0.05) is 5.56 Å². The van der Waals surface area contributed by atoms with Gasteiger partial charge in [-0.1, -0.05) is 19.3 Å². The van der Waals surface area contributed by atoms with Crippen molar-refractivity contribution in [2.45, 2.75) is 38.5 Å². The van der Waals surface area contributed by atoms with E-state index in [4.69, 9.17) is 4.74 Å². The monoisotopic (exact) mass is 256 g/mol. The predicted molar refractivity (Wildman–Crippen MR) is 65.1 cm³/mol. The zero-order valence-corrected chi connectivity index (χ0v) is 10.2. The molecule has 0 amide bonds. The molecule has 0 spiro atoms. The van der Waals surface area contributed by atoms with Crippen molar-refractivity contribution < 1.29 is 18.6 Å². The van der Waals surface area contributed by atoms with Crippen LogP contribution in [0.1, 0.15) is 44.1 Å². The number of alkyl halides is 2. The molecule has 2 rings (SSSR count). The summed E-state index contributed by atoms with van der Waals surface area (Å²) in [6, 6.07) is 3.70. The van der Waals surface area contributed by atoms with Gasteiger partial charge in [-0.05, 0) is 37.0 Å². The van der Waals surface area contributed by atoms with Crippen molar-refractivity contribution in [2.24, 2.45) is 5.92 Å². The molecule has 0 aliphatic heterocycles. The summed E-state index contributed by atoms with van der Waals surface area (Å²) in [5, 5.41) is 9.58. The normalized spacial score (nSPS) is 17.1. The molecule has 1 aromatic rings. The molecule has 0 saturated heterocycles. The first-order valence-electron chi connectivity index (χ1n) is 6.40. The molecule has 4 heteroatoms. The molecule has 1 saturated carbocycles. The van der Waals surface area contributed by atoms with E-state index in [0.29, 0.717) is 12.5 Å². The second kappa shape index (κ2) is 6.03. The summed E-state index contributed by atoms with van der Waals surface area (Å²) >= 11 is 0. The van der Waals surface area contributed by atoms with Gasteiger partial charge >= 0.3 is 0 Å². The van der Waals surface area contributed by atoms with Crippen LogP contribution in [0.25, 0.3) is 0 Å². The Labute approximate surface area is 106 Å². The fourth-order valence-corrected chi connectivity index (χ4v) is 2.34. The van der Waals surface area contributed by atoms with Gasteiger partial charge in [0.2, 0.25) is 0 Å². The maximum absolute atomic E-state index is 12.5. The Bertz CT molecular complexity index is 387. The largest absolute Gasteiger partial charge is 0.504 e. The van der Waals surface area contributed by atoms with Crippen molar-refractivity contribution in [2.75, 3.05) is 6.61 Å². The minimum Gasteiger partial charge on any atom is -0.504 e. The number of hydrogen-bond acceptors (Lipinski definition) is 2. The number of aromatic hydroxyl groups is 1. The van der Waals surface area contributed by atoms with Gasteiger partial charge < -0.3 is 9.84 Å². The van der Waals surface area contributed by atoms with Gasteiger partial charge in [-0.3, -0.25) is 0 Å². The molecule has 1 aliphatic carbocycles. The molecule has 0 atom stereocenters. The molecule has 0 unspecified atom stereocenters. The standard InChI is InChI=1S/C14H18F2O2/c15-14(16)11-6-7-12(17)13(8-11)18-9-10-4-2-1-3-5-10/h6-8,10,14,17H,1-5,9H2. The van der Waals surface area contributed by atoms with E-state index in [-0.39, 0.29) is 17.1 Å². The lowest BCUT2D eigenvalue weighted by Crippen LogP contribution is -2.15. The van der Waals surface area contributed by atoms with Gasteiger partial charge in [-0.25, -0.2) is 8.78 Å². The molecule has 0 bridgehead atoms. The minimum atomic E-state index is -2.54. The molecule has 1 N–H and O–H groups in total. The summed E-state index contributed by atoms with van der Waals surface area (Å²) in [5.41, 5.74) is -0.119. The number of rotatable bonds is 4. The maximum atomic E-state index is 12.5. The van der Waals surface area contributed by atoms with Crippen molar-refractivity contribution >= 4 is 0 Å². The summed E-state index contributed by atoms with van der Waals surface area (Å²) < 4.78 is 30.6. The molecule has 1 fully saturated rings. The van der Waals surface area contributed by atoms with Gasteiger partial charge in [0.1, 0.15) is 0 Å². The minimum absolute atomic E-state index is 0.0739. The Morgan fingerprint density at radius 2 is 1.94 bits per heavy atom. The Kier molecular flexibility index (Phi) is 4.39. The van der Waals surface area contributed by atoms with Crippen molar-refractivity contribution in [1.82, 2.24) is 0 Å². The SMILES string of the molecule is Oc1ccc(C(F)F)cc1OCC1CCCCC1. The Balaban J connectivity index is 1.97. The average molecular weight is 256 g/mol. The van der Waals surface area contributed by atoms with Crippen LogP contribution < -0.4 is 4.74 Å². The topological polar surface area (TPSA) is 29.5 Å². The molecule has 0 radical (unpaired) electrons. The lowest BCUT2D eigenvalue weighted by Gasteiger charge is -2.22. The van der Waals surface area contributed by atoms with E-state index in [0.717, 1.165) is 12.8 Å². The lowest BCUT2D eigenvalue weighted by atomic mass is 9.90. The lowest BCUT2D eigenvalue weighted by molar-refractivity contribution is 0.150. The van der Waals surface area contributed by atoms with Gasteiger partial charge in [-0.15, -0.1) is 0 Å². The molecular weight excluding hydrogens is 238 g/mol. The number of ether oxygens (including phenoxy) is 1. The smallest absolute Gasteiger partial charge is 0.263 e. The zero-order valence-electron chi connectivity index (χ0n) is 10.2. The Morgan fingerprint density at radius 1 is 1.22 bits per heavy atom. The summed E-state index contributed by atoms with van der Waals surface area (Å²) in [7, 11) is 0. The van der Waals surface area contributed by atoms with E-state index in [1.807, 2.05) is 0 Å². The van der Waals surface area contributed by atoms with Crippen molar-refractivity contribution in [1.29, 1.82) is 0 Å². The first kappa shape index (κ1) is 13.1. The van der Waals surface area contributed by atoms with E-state index >= 15 is 0 Å². The second-order valence-electron chi connectivity index (χ2n) is 4.84. The third-order valence-corrected chi connectivity index (χ3v) is 3.44. The van der Waals surface area contributed by atoms with Gasteiger partial charge in [0.05, 0.1) is 6.61 Å². The van der Waals surface area contributed by atoms with Crippen LogP contribution in [-0.4, -0.2) is 11.7 Å². The fourth-order valence-electron chi connectivity index (χ4n) is 2.34. The molecule has 0 aromatic heterocycles. The number of phenolic OH excluding ortho intramolecular Hbond substituents is 1. The van der Waals surface area contributed by atoms with E-state index in [1.165, 1.54) is 37.5 Å². The zero-order chi connectivity index (χ0) is 13.0. The molecule has 1 aromatic carbocycles. The van der Waals surface area contributed by atoms with Crippen LogP contribution in [0, 0.1) is 5.92 Å². The molecule has 0 heterocycles. The van der Waals surface area contributed by atoms with Crippen molar-refractivity contribution in [3.63, 3.8) is 0 Å². The van der Waals surface area contributed by atoms with E-state index in [2.05, 4.69) is 0 Å². The number of hydrogen-bond donors (Lipinski definition) is 1. The molecular formula is C14H18F2O2. The number of benzene rings is 1. The van der Waals surface area contributed by atoms with Crippen LogP contribution >= 0.6 is 0 Å². The summed E-state index contributed by atoms with van der Waals surface area (Å²) in [6.07, 6.45) is 3.38. The highest BCUT2D eigenvalue weighted by molar-refractivity contribution is 5.42. The van der Waals surface area contributed by atoms with Gasteiger partial charge in [0.15, 0.2) is 11.5 Å². The number of halogens is 2. The van der Waals surface area contributed by atoms with Crippen LogP contribution in [0.3, 0.4) is 0 Å². The van der Waals surface area contributed by atoms with Gasteiger partial charge in [-0.2, -0.15) is 0 Å².